The molecule has 1 saturated heterocycles. The summed E-state index contributed by atoms with van der Waals surface area (Å²) in [4.78, 5) is 15.9. The Morgan fingerprint density at radius 3 is 2.53 bits per heavy atom. The van der Waals surface area contributed by atoms with E-state index in [1.165, 1.54) is 11.3 Å². The molecule has 0 spiro atoms. The minimum absolute atomic E-state index is 0.272. The maximum absolute atomic E-state index is 11.6. The topological polar surface area (TPSA) is 23.6 Å². The molecule has 17 heavy (non-hydrogen) atoms. The third-order valence-electron chi connectivity index (χ3n) is 3.30. The Kier molecular flexibility index (Phi) is 3.67. The van der Waals surface area contributed by atoms with Gasteiger partial charge in [-0.15, -0.1) is 0 Å². The van der Waals surface area contributed by atoms with Crippen LogP contribution in [0, 0.1) is 6.92 Å². The van der Waals surface area contributed by atoms with Crippen molar-refractivity contribution in [2.24, 2.45) is 0 Å². The largest absolute Gasteiger partial charge is 0.368 e. The molecule has 0 radical (unpaired) electrons. The first-order valence-corrected chi connectivity index (χ1v) is 6.30. The second-order valence-corrected chi connectivity index (χ2v) is 4.56. The number of anilines is 1. The van der Waals surface area contributed by atoms with Gasteiger partial charge in [-0.25, -0.2) is 0 Å². The van der Waals surface area contributed by atoms with Crippen molar-refractivity contribution in [3.63, 3.8) is 0 Å². The van der Waals surface area contributed by atoms with E-state index in [1.807, 2.05) is 11.8 Å². The summed E-state index contributed by atoms with van der Waals surface area (Å²) in [7, 11) is 0. The maximum Gasteiger partial charge on any atom is 0.222 e. The molecule has 1 aromatic carbocycles. The lowest BCUT2D eigenvalue weighted by atomic mass is 10.2. The number of carbonyl (C=O) groups is 1. The molecule has 1 heterocycles. The van der Waals surface area contributed by atoms with Gasteiger partial charge in [0.15, 0.2) is 0 Å². The first kappa shape index (κ1) is 12.0. The van der Waals surface area contributed by atoms with Gasteiger partial charge >= 0.3 is 0 Å². The van der Waals surface area contributed by atoms with Gasteiger partial charge in [0.1, 0.15) is 0 Å². The zero-order valence-electron chi connectivity index (χ0n) is 10.6. The van der Waals surface area contributed by atoms with Crippen molar-refractivity contribution in [1.82, 2.24) is 4.90 Å². The fraction of sp³-hybridized carbons (Fsp3) is 0.500. The quantitative estimate of drug-likeness (QED) is 0.779. The molecule has 0 atom stereocenters. The monoisotopic (exact) mass is 232 g/mol. The fourth-order valence-corrected chi connectivity index (χ4v) is 2.26. The highest BCUT2D eigenvalue weighted by Gasteiger charge is 2.19. The lowest BCUT2D eigenvalue weighted by molar-refractivity contribution is -0.131. The Hall–Kier alpha value is -1.51. The van der Waals surface area contributed by atoms with Gasteiger partial charge in [0.05, 0.1) is 0 Å². The molecular weight excluding hydrogens is 212 g/mol. The van der Waals surface area contributed by atoms with Gasteiger partial charge < -0.3 is 9.80 Å². The van der Waals surface area contributed by atoms with E-state index in [4.69, 9.17) is 0 Å². The van der Waals surface area contributed by atoms with Crippen molar-refractivity contribution in [2.45, 2.75) is 20.3 Å². The van der Waals surface area contributed by atoms with Crippen LogP contribution in [0.25, 0.3) is 0 Å². The van der Waals surface area contributed by atoms with Crippen LogP contribution < -0.4 is 4.90 Å². The summed E-state index contributed by atoms with van der Waals surface area (Å²) >= 11 is 0. The first-order chi connectivity index (χ1) is 8.20. The minimum atomic E-state index is 0.272. The van der Waals surface area contributed by atoms with Gasteiger partial charge in [0.25, 0.3) is 0 Å². The van der Waals surface area contributed by atoms with E-state index in [9.17, 15) is 4.79 Å². The second kappa shape index (κ2) is 5.21. The third-order valence-corrected chi connectivity index (χ3v) is 3.30. The van der Waals surface area contributed by atoms with Crippen LogP contribution in [-0.2, 0) is 4.79 Å². The molecule has 1 fully saturated rings. The number of piperazine rings is 1. The predicted octanol–water partition coefficient (Wildman–Crippen LogP) is 2.05. The molecule has 0 bridgehead atoms. The highest BCUT2D eigenvalue weighted by atomic mass is 16.2. The summed E-state index contributed by atoms with van der Waals surface area (Å²) in [5.41, 5.74) is 2.56. The van der Waals surface area contributed by atoms with Crippen molar-refractivity contribution < 1.29 is 4.79 Å². The lowest BCUT2D eigenvalue weighted by Crippen LogP contribution is -2.48. The van der Waals surface area contributed by atoms with E-state index in [1.54, 1.807) is 0 Å². The van der Waals surface area contributed by atoms with E-state index in [0.29, 0.717) is 6.42 Å². The molecule has 3 nitrogen and oxygen atoms in total. The Balaban J connectivity index is 1.97. The van der Waals surface area contributed by atoms with Gasteiger partial charge in [-0.3, -0.25) is 4.79 Å². The van der Waals surface area contributed by atoms with Crippen molar-refractivity contribution in [2.75, 3.05) is 31.1 Å². The average Bonchev–Trinajstić information content (AvgIpc) is 2.38. The maximum atomic E-state index is 11.6. The van der Waals surface area contributed by atoms with E-state index >= 15 is 0 Å². The normalized spacial score (nSPS) is 16.1. The van der Waals surface area contributed by atoms with Gasteiger partial charge in [-0.1, -0.05) is 19.1 Å². The first-order valence-electron chi connectivity index (χ1n) is 6.30. The third kappa shape index (κ3) is 2.78. The van der Waals surface area contributed by atoms with E-state index in [-0.39, 0.29) is 5.91 Å². The number of carbonyl (C=O) groups excluding carboxylic acids is 1. The number of aryl methyl sites for hydroxylation is 1. The standard InChI is InChI=1S/C14H20N2O/c1-3-14(17)16-9-7-15(8-10-16)13-6-4-5-12(2)11-13/h4-6,11H,3,7-10H2,1-2H3. The van der Waals surface area contributed by atoms with Crippen LogP contribution in [0.2, 0.25) is 0 Å². The van der Waals surface area contributed by atoms with Gasteiger partial charge in [-0.2, -0.15) is 0 Å². The lowest BCUT2D eigenvalue weighted by Gasteiger charge is -2.36. The van der Waals surface area contributed by atoms with E-state index in [2.05, 4.69) is 36.1 Å². The number of hydrogen-bond donors (Lipinski definition) is 0. The molecule has 0 saturated carbocycles. The molecule has 1 aliphatic heterocycles. The smallest absolute Gasteiger partial charge is 0.222 e. The van der Waals surface area contributed by atoms with Crippen LogP contribution in [0.4, 0.5) is 5.69 Å². The van der Waals surface area contributed by atoms with Crippen LogP contribution in [0.3, 0.4) is 0 Å². The SMILES string of the molecule is CCC(=O)N1CCN(c2cccc(C)c2)CC1. The summed E-state index contributed by atoms with van der Waals surface area (Å²) < 4.78 is 0. The van der Waals surface area contributed by atoms with Crippen LogP contribution in [-0.4, -0.2) is 37.0 Å². The highest BCUT2D eigenvalue weighted by Crippen LogP contribution is 2.17. The van der Waals surface area contributed by atoms with Gasteiger partial charge in [0.2, 0.25) is 5.91 Å². The minimum Gasteiger partial charge on any atom is -0.368 e. The zero-order valence-corrected chi connectivity index (χ0v) is 10.6. The van der Waals surface area contributed by atoms with Crippen LogP contribution in [0.1, 0.15) is 18.9 Å². The fourth-order valence-electron chi connectivity index (χ4n) is 2.26. The summed E-state index contributed by atoms with van der Waals surface area (Å²) in [6.07, 6.45) is 0.616. The van der Waals surface area contributed by atoms with Crippen LogP contribution >= 0.6 is 0 Å². The molecule has 1 amide bonds. The van der Waals surface area contributed by atoms with Crippen LogP contribution in [0.5, 0.6) is 0 Å². The summed E-state index contributed by atoms with van der Waals surface area (Å²) in [5.74, 6) is 0.272. The van der Waals surface area contributed by atoms with Crippen molar-refractivity contribution >= 4 is 11.6 Å². The van der Waals surface area contributed by atoms with Crippen LogP contribution in [0.15, 0.2) is 24.3 Å². The van der Waals surface area contributed by atoms with Crippen molar-refractivity contribution in [3.8, 4) is 0 Å². The predicted molar refractivity (Wildman–Crippen MR) is 70.3 cm³/mol. The van der Waals surface area contributed by atoms with Crippen molar-refractivity contribution in [3.05, 3.63) is 29.8 Å². The molecule has 92 valence electrons. The average molecular weight is 232 g/mol. The molecule has 0 unspecified atom stereocenters. The molecule has 2 rings (SSSR count). The number of amides is 1. The zero-order chi connectivity index (χ0) is 12.3. The Labute approximate surface area is 103 Å². The molecular formula is C14H20N2O. The Bertz CT molecular complexity index is 395. The summed E-state index contributed by atoms with van der Waals surface area (Å²) in [6, 6.07) is 8.55. The van der Waals surface area contributed by atoms with E-state index < -0.39 is 0 Å². The summed E-state index contributed by atoms with van der Waals surface area (Å²) in [5, 5.41) is 0. The number of nitrogens with zero attached hydrogens (tertiary/aromatic N) is 2. The number of rotatable bonds is 2. The molecule has 0 aliphatic carbocycles. The molecule has 1 aromatic rings. The Morgan fingerprint density at radius 2 is 1.94 bits per heavy atom. The molecule has 1 aliphatic rings. The number of benzene rings is 1. The molecule has 0 aromatic heterocycles. The molecule has 3 heteroatoms. The highest BCUT2D eigenvalue weighted by molar-refractivity contribution is 5.76. The van der Waals surface area contributed by atoms with E-state index in [0.717, 1.165) is 26.2 Å². The van der Waals surface area contributed by atoms with Gasteiger partial charge in [-0.05, 0) is 24.6 Å². The van der Waals surface area contributed by atoms with Gasteiger partial charge in [0, 0.05) is 38.3 Å². The second-order valence-electron chi connectivity index (χ2n) is 4.56. The molecule has 0 N–H and O–H groups in total. The van der Waals surface area contributed by atoms with Crippen molar-refractivity contribution in [1.29, 1.82) is 0 Å². The number of hydrogen-bond acceptors (Lipinski definition) is 2. The summed E-state index contributed by atoms with van der Waals surface area (Å²) in [6.45, 7) is 7.61. The Morgan fingerprint density at radius 1 is 1.24 bits per heavy atom.